The minimum atomic E-state index is 0.115. The average Bonchev–Trinajstić information content (AvgIpc) is 2.66. The molecular weight excluding hydrogens is 236 g/mol. The first kappa shape index (κ1) is 14.3. The second-order valence-electron chi connectivity index (χ2n) is 6.82. The Morgan fingerprint density at radius 3 is 2.68 bits per heavy atom. The van der Waals surface area contributed by atoms with Crippen molar-refractivity contribution < 1.29 is 4.79 Å². The predicted octanol–water partition coefficient (Wildman–Crippen LogP) is 2.99. The smallest absolute Gasteiger partial charge is 0.165 e. The van der Waals surface area contributed by atoms with Crippen molar-refractivity contribution in [2.24, 2.45) is 5.41 Å². The van der Waals surface area contributed by atoms with Crippen molar-refractivity contribution in [3.63, 3.8) is 0 Å². The van der Waals surface area contributed by atoms with E-state index in [9.17, 15) is 4.79 Å². The molecule has 1 aliphatic carbocycles. The van der Waals surface area contributed by atoms with Gasteiger partial charge >= 0.3 is 0 Å². The Morgan fingerprint density at radius 2 is 2.00 bits per heavy atom. The molecule has 0 atom stereocenters. The molecule has 0 saturated heterocycles. The summed E-state index contributed by atoms with van der Waals surface area (Å²) >= 11 is 0. The summed E-state index contributed by atoms with van der Waals surface area (Å²) in [4.78, 5) is 14.3. The Bertz CT molecular complexity index is 457. The van der Waals surface area contributed by atoms with Crippen molar-refractivity contribution in [3.05, 3.63) is 23.5 Å². The van der Waals surface area contributed by atoms with Crippen LogP contribution in [-0.4, -0.2) is 35.9 Å². The van der Waals surface area contributed by atoms with E-state index in [2.05, 4.69) is 43.6 Å². The number of carbonyl (C=O) groups excluding carboxylic acids is 1. The number of hydrogen-bond acceptors (Lipinski definition) is 2. The van der Waals surface area contributed by atoms with Crippen LogP contribution in [0.15, 0.2) is 12.3 Å². The third-order valence-electron chi connectivity index (χ3n) is 3.92. The summed E-state index contributed by atoms with van der Waals surface area (Å²) in [7, 11) is 4.22. The van der Waals surface area contributed by atoms with Gasteiger partial charge in [-0.2, -0.15) is 0 Å². The largest absolute Gasteiger partial charge is 0.351 e. The highest BCUT2D eigenvalue weighted by Crippen LogP contribution is 2.35. The minimum Gasteiger partial charge on any atom is -0.351 e. The van der Waals surface area contributed by atoms with Gasteiger partial charge in [-0.15, -0.1) is 0 Å². The molecule has 0 spiro atoms. The quantitative estimate of drug-likeness (QED) is 0.762. The van der Waals surface area contributed by atoms with Gasteiger partial charge in [-0.1, -0.05) is 13.8 Å². The maximum atomic E-state index is 12.1. The van der Waals surface area contributed by atoms with E-state index in [0.717, 1.165) is 25.1 Å². The van der Waals surface area contributed by atoms with Crippen LogP contribution in [0.25, 0.3) is 0 Å². The molecule has 0 unspecified atom stereocenters. The number of carbonyl (C=O) groups is 1. The zero-order valence-corrected chi connectivity index (χ0v) is 12.7. The molecule has 2 rings (SSSR count). The molecular formula is C16H26N2O. The molecule has 0 aliphatic heterocycles. The topological polar surface area (TPSA) is 25.2 Å². The van der Waals surface area contributed by atoms with Crippen LogP contribution >= 0.6 is 0 Å². The van der Waals surface area contributed by atoms with Crippen molar-refractivity contribution >= 4 is 5.78 Å². The van der Waals surface area contributed by atoms with E-state index < -0.39 is 0 Å². The van der Waals surface area contributed by atoms with Gasteiger partial charge in [0.15, 0.2) is 5.78 Å². The summed E-state index contributed by atoms with van der Waals surface area (Å²) in [6.07, 6.45) is 6.18. The summed E-state index contributed by atoms with van der Waals surface area (Å²) in [5, 5.41) is 0. The molecule has 3 nitrogen and oxygen atoms in total. The first-order valence-electron chi connectivity index (χ1n) is 7.25. The van der Waals surface area contributed by atoms with Gasteiger partial charge in [0, 0.05) is 30.4 Å². The van der Waals surface area contributed by atoms with Gasteiger partial charge in [0.05, 0.1) is 0 Å². The number of ketones is 1. The Balaban J connectivity index is 2.02. The van der Waals surface area contributed by atoms with Gasteiger partial charge in [-0.05, 0) is 51.4 Å². The number of nitrogens with zero attached hydrogens (tertiary/aromatic N) is 2. The zero-order chi connectivity index (χ0) is 14.0. The van der Waals surface area contributed by atoms with Crippen molar-refractivity contribution in [1.29, 1.82) is 0 Å². The molecule has 1 aliphatic rings. The summed E-state index contributed by atoms with van der Waals surface area (Å²) in [6.45, 7) is 6.55. The third kappa shape index (κ3) is 3.47. The highest BCUT2D eigenvalue weighted by atomic mass is 16.1. The van der Waals surface area contributed by atoms with E-state index in [1.54, 1.807) is 0 Å². The number of unbranched alkanes of at least 4 members (excludes halogenated alkanes) is 1. The van der Waals surface area contributed by atoms with Crippen LogP contribution in [0, 0.1) is 5.41 Å². The van der Waals surface area contributed by atoms with Gasteiger partial charge in [0.1, 0.15) is 0 Å². The SMILES string of the molecule is CN(C)CCCCn1ccc2c1CC(C)(C)CC2=O. The number of fused-ring (bicyclic) bond motifs is 1. The molecule has 106 valence electrons. The fraction of sp³-hybridized carbons (Fsp3) is 0.688. The number of aromatic nitrogens is 1. The van der Waals surface area contributed by atoms with Gasteiger partial charge < -0.3 is 9.47 Å². The maximum absolute atomic E-state index is 12.1. The van der Waals surface area contributed by atoms with Crippen LogP contribution < -0.4 is 0 Å². The summed E-state index contributed by atoms with van der Waals surface area (Å²) in [6, 6.07) is 2.01. The molecule has 0 radical (unpaired) electrons. The molecule has 1 aromatic rings. The van der Waals surface area contributed by atoms with E-state index in [1.165, 1.54) is 18.5 Å². The van der Waals surface area contributed by atoms with Crippen LogP contribution in [0.2, 0.25) is 0 Å². The van der Waals surface area contributed by atoms with E-state index in [-0.39, 0.29) is 5.41 Å². The minimum absolute atomic E-state index is 0.115. The summed E-state index contributed by atoms with van der Waals surface area (Å²) in [5.41, 5.74) is 2.34. The second-order valence-corrected chi connectivity index (χ2v) is 6.82. The van der Waals surface area contributed by atoms with Gasteiger partial charge in [0.25, 0.3) is 0 Å². The Labute approximate surface area is 116 Å². The molecule has 0 bridgehead atoms. The molecule has 1 heterocycles. The number of aryl methyl sites for hydroxylation is 1. The van der Waals surface area contributed by atoms with E-state index in [1.807, 2.05) is 6.07 Å². The van der Waals surface area contributed by atoms with Crippen LogP contribution in [0.5, 0.6) is 0 Å². The zero-order valence-electron chi connectivity index (χ0n) is 12.7. The Kier molecular flexibility index (Phi) is 4.14. The molecule has 19 heavy (non-hydrogen) atoms. The van der Waals surface area contributed by atoms with Gasteiger partial charge in [-0.25, -0.2) is 0 Å². The van der Waals surface area contributed by atoms with Crippen molar-refractivity contribution in [1.82, 2.24) is 9.47 Å². The second kappa shape index (κ2) is 5.49. The van der Waals surface area contributed by atoms with E-state index >= 15 is 0 Å². The van der Waals surface area contributed by atoms with Crippen LogP contribution in [0.3, 0.4) is 0 Å². The van der Waals surface area contributed by atoms with Crippen LogP contribution in [0.1, 0.15) is 49.2 Å². The lowest BCUT2D eigenvalue weighted by Gasteiger charge is -2.29. The summed E-state index contributed by atoms with van der Waals surface area (Å²) < 4.78 is 2.30. The number of hydrogen-bond donors (Lipinski definition) is 0. The molecule has 0 N–H and O–H groups in total. The fourth-order valence-corrected chi connectivity index (χ4v) is 2.92. The lowest BCUT2D eigenvalue weighted by Crippen LogP contribution is -2.28. The highest BCUT2D eigenvalue weighted by Gasteiger charge is 2.32. The molecule has 3 heteroatoms. The molecule has 0 fully saturated rings. The first-order valence-corrected chi connectivity index (χ1v) is 7.25. The monoisotopic (exact) mass is 262 g/mol. The Hall–Kier alpha value is -1.09. The number of Topliss-reactive ketones (excluding diaryl/α,β-unsaturated/α-hetero) is 1. The normalized spacial score (nSPS) is 17.8. The molecule has 0 saturated carbocycles. The lowest BCUT2D eigenvalue weighted by molar-refractivity contribution is 0.0910. The summed E-state index contributed by atoms with van der Waals surface area (Å²) in [5.74, 6) is 0.318. The van der Waals surface area contributed by atoms with Gasteiger partial charge in [-0.3, -0.25) is 4.79 Å². The molecule has 1 aromatic heterocycles. The van der Waals surface area contributed by atoms with E-state index in [4.69, 9.17) is 0 Å². The van der Waals surface area contributed by atoms with Crippen LogP contribution in [-0.2, 0) is 13.0 Å². The predicted molar refractivity (Wildman–Crippen MR) is 78.7 cm³/mol. The Morgan fingerprint density at radius 1 is 1.26 bits per heavy atom. The lowest BCUT2D eigenvalue weighted by atomic mass is 9.76. The maximum Gasteiger partial charge on any atom is 0.165 e. The fourth-order valence-electron chi connectivity index (χ4n) is 2.92. The van der Waals surface area contributed by atoms with Crippen molar-refractivity contribution in [2.45, 2.75) is 46.1 Å². The van der Waals surface area contributed by atoms with Crippen molar-refractivity contribution in [3.8, 4) is 0 Å². The van der Waals surface area contributed by atoms with E-state index in [0.29, 0.717) is 12.2 Å². The highest BCUT2D eigenvalue weighted by molar-refractivity contribution is 5.98. The average molecular weight is 262 g/mol. The molecule has 0 aromatic carbocycles. The standard InChI is InChI=1S/C16H26N2O/c1-16(2)11-14-13(15(19)12-16)7-10-18(14)9-6-5-8-17(3)4/h7,10H,5-6,8-9,11-12H2,1-4H3. The molecule has 0 amide bonds. The third-order valence-corrected chi connectivity index (χ3v) is 3.92. The first-order chi connectivity index (χ1) is 8.89. The number of rotatable bonds is 5. The van der Waals surface area contributed by atoms with Gasteiger partial charge in [0.2, 0.25) is 0 Å². The van der Waals surface area contributed by atoms with Crippen LogP contribution in [0.4, 0.5) is 0 Å². The van der Waals surface area contributed by atoms with Crippen molar-refractivity contribution in [2.75, 3.05) is 20.6 Å².